The maximum Gasteiger partial charge on any atom is 0.258 e. The van der Waals surface area contributed by atoms with Crippen molar-refractivity contribution >= 4 is 11.8 Å². The average Bonchev–Trinajstić information content (AvgIpc) is 2.48. The Kier molecular flexibility index (Phi) is 5.20. The minimum Gasteiger partial charge on any atom is -0.484 e. The van der Waals surface area contributed by atoms with E-state index < -0.39 is 5.91 Å². The van der Waals surface area contributed by atoms with E-state index in [-0.39, 0.29) is 18.6 Å². The molecule has 1 aromatic rings. The van der Waals surface area contributed by atoms with Gasteiger partial charge in [-0.3, -0.25) is 9.59 Å². The molecule has 0 spiro atoms. The van der Waals surface area contributed by atoms with Gasteiger partial charge in [-0.2, -0.15) is 0 Å². The molecule has 114 valence electrons. The second-order valence-corrected chi connectivity index (χ2v) is 5.61. The molecule has 1 aliphatic rings. The number of nitrogens with two attached hydrogens (primary N) is 1. The SMILES string of the molecule is C[C@H]1CCCC[C@H]1NC(=O)COc1ccc(C(N)=O)cc1. The predicted octanol–water partition coefficient (Wildman–Crippen LogP) is 1.86. The monoisotopic (exact) mass is 290 g/mol. The first-order chi connectivity index (χ1) is 10.1. The average molecular weight is 290 g/mol. The van der Waals surface area contributed by atoms with Crippen LogP contribution in [0.5, 0.6) is 5.75 Å². The lowest BCUT2D eigenvalue weighted by molar-refractivity contribution is -0.124. The van der Waals surface area contributed by atoms with Crippen LogP contribution in [0.4, 0.5) is 0 Å². The second kappa shape index (κ2) is 7.11. The topological polar surface area (TPSA) is 81.4 Å². The van der Waals surface area contributed by atoms with Gasteiger partial charge in [0, 0.05) is 11.6 Å². The normalized spacial score (nSPS) is 21.6. The van der Waals surface area contributed by atoms with E-state index in [1.165, 1.54) is 19.3 Å². The molecule has 1 aliphatic carbocycles. The predicted molar refractivity (Wildman–Crippen MR) is 80.0 cm³/mol. The molecule has 1 fully saturated rings. The molecule has 5 heteroatoms. The van der Waals surface area contributed by atoms with Gasteiger partial charge in [0.25, 0.3) is 5.91 Å². The standard InChI is InChI=1S/C16H22N2O3/c1-11-4-2-3-5-14(11)18-15(19)10-21-13-8-6-12(7-9-13)16(17)20/h6-9,11,14H,2-5,10H2,1H3,(H2,17,20)(H,18,19)/t11-,14+/m0/s1. The molecule has 2 amide bonds. The highest BCUT2D eigenvalue weighted by atomic mass is 16.5. The Balaban J connectivity index is 1.79. The third-order valence-electron chi connectivity index (χ3n) is 3.97. The van der Waals surface area contributed by atoms with Gasteiger partial charge in [-0.15, -0.1) is 0 Å². The molecule has 0 heterocycles. The van der Waals surface area contributed by atoms with E-state index in [0.29, 0.717) is 17.2 Å². The quantitative estimate of drug-likeness (QED) is 0.868. The Bertz CT molecular complexity index is 499. The lowest BCUT2D eigenvalue weighted by atomic mass is 9.86. The third kappa shape index (κ3) is 4.48. The van der Waals surface area contributed by atoms with Crippen molar-refractivity contribution in [3.8, 4) is 5.75 Å². The Morgan fingerprint density at radius 1 is 1.24 bits per heavy atom. The molecule has 1 saturated carbocycles. The van der Waals surface area contributed by atoms with Crippen molar-refractivity contribution in [3.63, 3.8) is 0 Å². The van der Waals surface area contributed by atoms with Gasteiger partial charge in [0.1, 0.15) is 5.75 Å². The van der Waals surface area contributed by atoms with Crippen LogP contribution in [0.15, 0.2) is 24.3 Å². The van der Waals surface area contributed by atoms with E-state index in [1.807, 2.05) is 0 Å². The zero-order chi connectivity index (χ0) is 15.2. The van der Waals surface area contributed by atoms with Crippen LogP contribution in [0.2, 0.25) is 0 Å². The van der Waals surface area contributed by atoms with E-state index in [2.05, 4.69) is 12.2 Å². The number of primary amides is 1. The molecule has 5 nitrogen and oxygen atoms in total. The van der Waals surface area contributed by atoms with Crippen molar-refractivity contribution in [1.82, 2.24) is 5.32 Å². The second-order valence-electron chi connectivity index (χ2n) is 5.61. The van der Waals surface area contributed by atoms with Crippen molar-refractivity contribution in [3.05, 3.63) is 29.8 Å². The zero-order valence-corrected chi connectivity index (χ0v) is 12.3. The van der Waals surface area contributed by atoms with Crippen molar-refractivity contribution in [2.45, 2.75) is 38.6 Å². The molecule has 0 aliphatic heterocycles. The molecule has 0 unspecified atom stereocenters. The van der Waals surface area contributed by atoms with Crippen LogP contribution in [0.3, 0.4) is 0 Å². The number of carbonyl (C=O) groups is 2. The molecule has 21 heavy (non-hydrogen) atoms. The summed E-state index contributed by atoms with van der Waals surface area (Å²) < 4.78 is 5.42. The third-order valence-corrected chi connectivity index (χ3v) is 3.97. The summed E-state index contributed by atoms with van der Waals surface area (Å²) in [6, 6.07) is 6.69. The molecule has 0 bridgehead atoms. The molecule has 2 rings (SSSR count). The lowest BCUT2D eigenvalue weighted by Gasteiger charge is -2.29. The highest BCUT2D eigenvalue weighted by Crippen LogP contribution is 2.23. The molecule has 2 atom stereocenters. The largest absolute Gasteiger partial charge is 0.484 e. The number of hydrogen-bond donors (Lipinski definition) is 2. The summed E-state index contributed by atoms with van der Waals surface area (Å²) in [5, 5.41) is 3.03. The molecular weight excluding hydrogens is 268 g/mol. The molecular formula is C16H22N2O3. The number of benzene rings is 1. The highest BCUT2D eigenvalue weighted by molar-refractivity contribution is 5.92. The van der Waals surface area contributed by atoms with Gasteiger partial charge in [-0.05, 0) is 43.0 Å². The van der Waals surface area contributed by atoms with E-state index in [0.717, 1.165) is 6.42 Å². The molecule has 3 N–H and O–H groups in total. The van der Waals surface area contributed by atoms with Crippen LogP contribution in [0, 0.1) is 5.92 Å². The Morgan fingerprint density at radius 3 is 2.52 bits per heavy atom. The van der Waals surface area contributed by atoms with Crippen LogP contribution in [-0.2, 0) is 4.79 Å². The summed E-state index contributed by atoms with van der Waals surface area (Å²) in [5.41, 5.74) is 5.58. The summed E-state index contributed by atoms with van der Waals surface area (Å²) in [7, 11) is 0. The summed E-state index contributed by atoms with van der Waals surface area (Å²) in [5.74, 6) is 0.489. The Labute approximate surface area is 124 Å². The van der Waals surface area contributed by atoms with Crippen LogP contribution in [0.1, 0.15) is 43.0 Å². The summed E-state index contributed by atoms with van der Waals surface area (Å²) in [6.07, 6.45) is 4.63. The number of amides is 2. The fraction of sp³-hybridized carbons (Fsp3) is 0.500. The molecule has 1 aromatic carbocycles. The van der Waals surface area contributed by atoms with Gasteiger partial charge in [0.15, 0.2) is 6.61 Å². The summed E-state index contributed by atoms with van der Waals surface area (Å²) >= 11 is 0. The van der Waals surface area contributed by atoms with Gasteiger partial charge >= 0.3 is 0 Å². The van der Waals surface area contributed by atoms with Gasteiger partial charge in [0.2, 0.25) is 5.91 Å². The van der Waals surface area contributed by atoms with Gasteiger partial charge < -0.3 is 15.8 Å². The Hall–Kier alpha value is -2.04. The summed E-state index contributed by atoms with van der Waals surface area (Å²) in [4.78, 5) is 22.8. The highest BCUT2D eigenvalue weighted by Gasteiger charge is 2.22. The van der Waals surface area contributed by atoms with E-state index in [4.69, 9.17) is 10.5 Å². The van der Waals surface area contributed by atoms with Gasteiger partial charge in [-0.1, -0.05) is 19.8 Å². The van der Waals surface area contributed by atoms with Crippen molar-refractivity contribution in [2.75, 3.05) is 6.61 Å². The van der Waals surface area contributed by atoms with E-state index in [1.54, 1.807) is 24.3 Å². The van der Waals surface area contributed by atoms with Crippen molar-refractivity contribution in [1.29, 1.82) is 0 Å². The van der Waals surface area contributed by atoms with Crippen molar-refractivity contribution < 1.29 is 14.3 Å². The van der Waals surface area contributed by atoms with Gasteiger partial charge in [0.05, 0.1) is 0 Å². The number of ether oxygens (including phenoxy) is 1. The maximum atomic E-state index is 11.9. The van der Waals surface area contributed by atoms with E-state index in [9.17, 15) is 9.59 Å². The Morgan fingerprint density at radius 2 is 1.90 bits per heavy atom. The number of carbonyl (C=O) groups excluding carboxylic acids is 2. The molecule has 0 aromatic heterocycles. The minimum absolute atomic E-state index is 0.0147. The molecule has 0 saturated heterocycles. The smallest absolute Gasteiger partial charge is 0.258 e. The van der Waals surface area contributed by atoms with Crippen LogP contribution in [0.25, 0.3) is 0 Å². The first-order valence-corrected chi connectivity index (χ1v) is 7.38. The first kappa shape index (κ1) is 15.4. The lowest BCUT2D eigenvalue weighted by Crippen LogP contribution is -2.43. The number of hydrogen-bond acceptors (Lipinski definition) is 3. The number of nitrogens with one attached hydrogen (secondary N) is 1. The van der Waals surface area contributed by atoms with Crippen LogP contribution >= 0.6 is 0 Å². The van der Waals surface area contributed by atoms with Crippen LogP contribution < -0.4 is 15.8 Å². The summed E-state index contributed by atoms with van der Waals surface area (Å²) in [6.45, 7) is 2.16. The number of rotatable bonds is 5. The van der Waals surface area contributed by atoms with E-state index >= 15 is 0 Å². The fourth-order valence-corrected chi connectivity index (χ4v) is 2.64. The molecule has 0 radical (unpaired) electrons. The fourth-order valence-electron chi connectivity index (χ4n) is 2.64. The van der Waals surface area contributed by atoms with Gasteiger partial charge in [-0.25, -0.2) is 0 Å². The maximum absolute atomic E-state index is 11.9. The van der Waals surface area contributed by atoms with Crippen molar-refractivity contribution in [2.24, 2.45) is 11.7 Å². The van der Waals surface area contributed by atoms with Crippen LogP contribution in [-0.4, -0.2) is 24.5 Å². The first-order valence-electron chi connectivity index (χ1n) is 7.38. The minimum atomic E-state index is -0.481. The zero-order valence-electron chi connectivity index (χ0n) is 12.3.